The molecule has 3 aromatic rings. The predicted octanol–water partition coefficient (Wildman–Crippen LogP) is 3.70. The molecule has 2 heterocycles. The van der Waals surface area contributed by atoms with Crippen molar-refractivity contribution in [1.29, 1.82) is 0 Å². The van der Waals surface area contributed by atoms with Crippen molar-refractivity contribution in [3.63, 3.8) is 0 Å². The van der Waals surface area contributed by atoms with Crippen LogP contribution in [0.1, 0.15) is 11.1 Å². The quantitative estimate of drug-likeness (QED) is 0.654. The molecule has 0 spiro atoms. The Hall–Kier alpha value is -3.22. The van der Waals surface area contributed by atoms with Crippen molar-refractivity contribution in [2.75, 3.05) is 50.2 Å². The molecule has 1 aromatic heterocycles. The Morgan fingerprint density at radius 1 is 0.862 bits per heavy atom. The maximum absolute atomic E-state index is 5.54. The van der Waals surface area contributed by atoms with Crippen molar-refractivity contribution in [2.24, 2.45) is 0 Å². The van der Waals surface area contributed by atoms with Crippen LogP contribution in [0, 0.1) is 13.8 Å². The molecule has 1 aliphatic heterocycles. The molecule has 152 valence electrons. The van der Waals surface area contributed by atoms with Crippen molar-refractivity contribution >= 4 is 11.7 Å². The number of anilines is 2. The molecule has 4 rings (SSSR count). The second-order valence-corrected chi connectivity index (χ2v) is 7.23. The van der Waals surface area contributed by atoms with Crippen LogP contribution in [-0.4, -0.2) is 50.5 Å². The summed E-state index contributed by atoms with van der Waals surface area (Å²) in [6, 6.07) is 12.8. The second kappa shape index (κ2) is 8.03. The molecule has 7 heteroatoms. The van der Waals surface area contributed by atoms with Gasteiger partial charge in [-0.3, -0.25) is 0 Å². The van der Waals surface area contributed by atoms with Gasteiger partial charge in [-0.25, -0.2) is 0 Å². The number of methoxy groups -OCH3 is 2. The molecule has 0 N–H and O–H groups in total. The van der Waals surface area contributed by atoms with Gasteiger partial charge < -0.3 is 23.8 Å². The van der Waals surface area contributed by atoms with E-state index in [0.717, 1.165) is 31.7 Å². The Morgan fingerprint density at radius 2 is 1.59 bits per heavy atom. The number of aromatic nitrogens is 2. The largest absolute Gasteiger partial charge is 0.493 e. The van der Waals surface area contributed by atoms with Crippen molar-refractivity contribution in [3.8, 4) is 22.9 Å². The average Bonchev–Trinajstić information content (AvgIpc) is 3.24. The maximum Gasteiger partial charge on any atom is 0.324 e. The zero-order chi connectivity index (χ0) is 20.4. The van der Waals surface area contributed by atoms with Gasteiger partial charge in [-0.15, -0.1) is 0 Å². The molecule has 0 unspecified atom stereocenters. The van der Waals surface area contributed by atoms with E-state index in [1.165, 1.54) is 16.8 Å². The Kier molecular flexibility index (Phi) is 5.29. The minimum absolute atomic E-state index is 0.540. The van der Waals surface area contributed by atoms with Crippen LogP contribution in [0.2, 0.25) is 0 Å². The van der Waals surface area contributed by atoms with Gasteiger partial charge in [0, 0.05) is 37.4 Å². The lowest BCUT2D eigenvalue weighted by molar-refractivity contribution is 0.355. The van der Waals surface area contributed by atoms with Crippen LogP contribution in [-0.2, 0) is 0 Å². The summed E-state index contributed by atoms with van der Waals surface area (Å²) in [6.45, 7) is 7.79. The number of hydrogen-bond acceptors (Lipinski definition) is 7. The van der Waals surface area contributed by atoms with Crippen LogP contribution < -0.4 is 19.3 Å². The molecule has 1 fully saturated rings. The van der Waals surface area contributed by atoms with Gasteiger partial charge >= 0.3 is 6.01 Å². The van der Waals surface area contributed by atoms with Crippen molar-refractivity contribution < 1.29 is 14.0 Å². The van der Waals surface area contributed by atoms with Crippen LogP contribution >= 0.6 is 0 Å². The van der Waals surface area contributed by atoms with E-state index >= 15 is 0 Å². The van der Waals surface area contributed by atoms with Crippen LogP contribution in [0.3, 0.4) is 0 Å². The molecule has 0 radical (unpaired) electrons. The highest BCUT2D eigenvalue weighted by Gasteiger charge is 2.23. The van der Waals surface area contributed by atoms with Crippen LogP contribution in [0.5, 0.6) is 11.5 Å². The monoisotopic (exact) mass is 394 g/mol. The normalized spacial score (nSPS) is 14.2. The van der Waals surface area contributed by atoms with E-state index in [1.807, 2.05) is 18.2 Å². The van der Waals surface area contributed by atoms with E-state index in [2.05, 4.69) is 52.0 Å². The lowest BCUT2D eigenvalue weighted by Gasteiger charge is -2.35. The van der Waals surface area contributed by atoms with E-state index in [0.29, 0.717) is 23.3 Å². The number of piperazine rings is 1. The first kappa shape index (κ1) is 19.1. The Morgan fingerprint density at radius 3 is 2.28 bits per heavy atom. The molecule has 0 aliphatic carbocycles. The third kappa shape index (κ3) is 3.85. The standard InChI is InChI=1S/C22H26N4O3/c1-15-5-7-18(16(2)13-15)25-9-11-26(12-10-25)22-23-21(24-29-22)17-6-8-19(27-3)20(14-17)28-4/h5-8,13-14H,9-12H2,1-4H3. The number of benzene rings is 2. The van der Waals surface area contributed by atoms with Crippen molar-refractivity contribution in [2.45, 2.75) is 13.8 Å². The van der Waals surface area contributed by atoms with Gasteiger partial charge in [0.1, 0.15) is 0 Å². The fourth-order valence-electron chi connectivity index (χ4n) is 3.74. The summed E-state index contributed by atoms with van der Waals surface area (Å²) in [4.78, 5) is 9.15. The molecule has 0 atom stereocenters. The number of rotatable bonds is 5. The van der Waals surface area contributed by atoms with Gasteiger partial charge in [0.05, 0.1) is 14.2 Å². The number of hydrogen-bond donors (Lipinski definition) is 0. The summed E-state index contributed by atoms with van der Waals surface area (Å²) in [6.07, 6.45) is 0. The molecule has 7 nitrogen and oxygen atoms in total. The van der Waals surface area contributed by atoms with E-state index in [4.69, 9.17) is 14.0 Å². The molecule has 0 bridgehead atoms. The third-order valence-corrected chi connectivity index (χ3v) is 5.30. The molecular formula is C22H26N4O3. The van der Waals surface area contributed by atoms with Gasteiger partial charge in [0.15, 0.2) is 11.5 Å². The van der Waals surface area contributed by atoms with Gasteiger partial charge in [-0.05, 0) is 43.7 Å². The number of nitrogens with zero attached hydrogens (tertiary/aromatic N) is 4. The molecule has 0 amide bonds. The van der Waals surface area contributed by atoms with Crippen LogP contribution in [0.25, 0.3) is 11.4 Å². The minimum atomic E-state index is 0.540. The van der Waals surface area contributed by atoms with Crippen molar-refractivity contribution in [3.05, 3.63) is 47.5 Å². The lowest BCUT2D eigenvalue weighted by Crippen LogP contribution is -2.46. The van der Waals surface area contributed by atoms with E-state index in [1.54, 1.807) is 14.2 Å². The Labute approximate surface area is 170 Å². The minimum Gasteiger partial charge on any atom is -0.493 e. The van der Waals surface area contributed by atoms with Crippen LogP contribution in [0.4, 0.5) is 11.7 Å². The van der Waals surface area contributed by atoms with E-state index < -0.39 is 0 Å². The topological polar surface area (TPSA) is 63.9 Å². The highest BCUT2D eigenvalue weighted by atomic mass is 16.5. The summed E-state index contributed by atoms with van der Waals surface area (Å²) < 4.78 is 16.2. The first-order chi connectivity index (χ1) is 14.1. The highest BCUT2D eigenvalue weighted by molar-refractivity contribution is 5.62. The van der Waals surface area contributed by atoms with Gasteiger partial charge in [0.25, 0.3) is 0 Å². The highest BCUT2D eigenvalue weighted by Crippen LogP contribution is 2.32. The summed E-state index contributed by atoms with van der Waals surface area (Å²) >= 11 is 0. The predicted molar refractivity (Wildman–Crippen MR) is 113 cm³/mol. The Balaban J connectivity index is 1.46. The summed E-state index contributed by atoms with van der Waals surface area (Å²) in [5, 5.41) is 4.16. The zero-order valence-corrected chi connectivity index (χ0v) is 17.3. The second-order valence-electron chi connectivity index (χ2n) is 7.23. The Bertz CT molecular complexity index is 993. The summed E-state index contributed by atoms with van der Waals surface area (Å²) in [5.41, 5.74) is 4.73. The maximum atomic E-state index is 5.54. The molecule has 0 saturated carbocycles. The fraction of sp³-hybridized carbons (Fsp3) is 0.364. The first-order valence-corrected chi connectivity index (χ1v) is 9.72. The molecule has 1 saturated heterocycles. The summed E-state index contributed by atoms with van der Waals surface area (Å²) in [7, 11) is 3.22. The van der Waals surface area contributed by atoms with E-state index in [-0.39, 0.29) is 0 Å². The van der Waals surface area contributed by atoms with Crippen LogP contribution in [0.15, 0.2) is 40.9 Å². The first-order valence-electron chi connectivity index (χ1n) is 9.72. The zero-order valence-electron chi connectivity index (χ0n) is 17.3. The molecule has 29 heavy (non-hydrogen) atoms. The SMILES string of the molecule is COc1ccc(-c2noc(N3CCN(c4ccc(C)cc4C)CC3)n2)cc1OC. The smallest absolute Gasteiger partial charge is 0.324 e. The number of ether oxygens (including phenoxy) is 2. The van der Waals surface area contributed by atoms with E-state index in [9.17, 15) is 0 Å². The summed E-state index contributed by atoms with van der Waals surface area (Å²) in [5.74, 6) is 1.85. The van der Waals surface area contributed by atoms with Crippen molar-refractivity contribution in [1.82, 2.24) is 10.1 Å². The number of aryl methyl sites for hydroxylation is 2. The van der Waals surface area contributed by atoms with Gasteiger partial charge in [-0.1, -0.05) is 22.9 Å². The average molecular weight is 394 g/mol. The fourth-order valence-corrected chi connectivity index (χ4v) is 3.74. The molecule has 2 aromatic carbocycles. The van der Waals surface area contributed by atoms with Gasteiger partial charge in [0.2, 0.25) is 5.82 Å². The third-order valence-electron chi connectivity index (χ3n) is 5.30. The molecular weight excluding hydrogens is 368 g/mol. The van der Waals surface area contributed by atoms with Gasteiger partial charge in [-0.2, -0.15) is 4.98 Å². The lowest BCUT2D eigenvalue weighted by atomic mass is 10.1. The molecule has 1 aliphatic rings.